The fourth-order valence-corrected chi connectivity index (χ4v) is 5.38. The fraction of sp³-hybridized carbons (Fsp3) is 0.438. The highest BCUT2D eigenvalue weighted by atomic mass is 19.1. The highest BCUT2D eigenvalue weighted by molar-refractivity contribution is 5.65. The topological polar surface area (TPSA) is 0 Å². The van der Waals surface area contributed by atoms with E-state index >= 15 is 4.39 Å². The lowest BCUT2D eigenvalue weighted by Crippen LogP contribution is -2.13. The molecule has 1 fully saturated rings. The van der Waals surface area contributed by atoms with Crippen LogP contribution >= 0.6 is 0 Å². The van der Waals surface area contributed by atoms with Crippen molar-refractivity contribution in [3.63, 3.8) is 0 Å². The third-order valence-electron chi connectivity index (χ3n) is 7.68. The summed E-state index contributed by atoms with van der Waals surface area (Å²) in [6.07, 6.45) is 12.2. The van der Waals surface area contributed by atoms with Crippen LogP contribution in [0.2, 0.25) is 0 Å². The number of benzene rings is 3. The van der Waals surface area contributed by atoms with Crippen LogP contribution < -0.4 is 0 Å². The van der Waals surface area contributed by atoms with Gasteiger partial charge in [0.25, 0.3) is 0 Å². The van der Waals surface area contributed by atoms with Crippen LogP contribution in [0.4, 0.5) is 4.39 Å². The van der Waals surface area contributed by atoms with Crippen LogP contribution in [0.3, 0.4) is 0 Å². The van der Waals surface area contributed by atoms with Gasteiger partial charge in [0.2, 0.25) is 0 Å². The van der Waals surface area contributed by atoms with Gasteiger partial charge in [-0.05, 0) is 90.7 Å². The van der Waals surface area contributed by atoms with Gasteiger partial charge >= 0.3 is 0 Å². The highest BCUT2D eigenvalue weighted by Crippen LogP contribution is 2.38. The summed E-state index contributed by atoms with van der Waals surface area (Å²) in [7, 11) is 0. The third-order valence-corrected chi connectivity index (χ3v) is 7.68. The van der Waals surface area contributed by atoms with E-state index in [1.54, 1.807) is 6.07 Å². The van der Waals surface area contributed by atoms with Crippen LogP contribution in [-0.2, 0) is 19.3 Å². The molecule has 0 nitrogen and oxygen atoms in total. The molecule has 0 aliphatic heterocycles. The Kier molecular flexibility index (Phi) is 8.37. The van der Waals surface area contributed by atoms with Gasteiger partial charge in [0.1, 0.15) is 5.82 Å². The van der Waals surface area contributed by atoms with Crippen molar-refractivity contribution in [1.82, 2.24) is 0 Å². The SMILES string of the molecule is CCCC[C@H]1CC[C@H](c2ccc(-c3ccc(CCc4ccc(CC)cc4)cc3)c(F)c2)CC1. The molecule has 4 rings (SSSR count). The monoisotopic (exact) mass is 442 g/mol. The second-order valence-corrected chi connectivity index (χ2v) is 9.97. The van der Waals surface area contributed by atoms with E-state index in [-0.39, 0.29) is 5.82 Å². The first-order chi connectivity index (χ1) is 16.2. The normalized spacial score (nSPS) is 18.4. The zero-order valence-corrected chi connectivity index (χ0v) is 20.5. The molecule has 1 heteroatoms. The summed E-state index contributed by atoms with van der Waals surface area (Å²) < 4.78 is 15.1. The molecule has 174 valence electrons. The molecule has 0 N–H and O–H groups in total. The average Bonchev–Trinajstić information content (AvgIpc) is 2.87. The van der Waals surface area contributed by atoms with E-state index in [2.05, 4.69) is 68.4 Å². The zero-order chi connectivity index (χ0) is 23.0. The van der Waals surface area contributed by atoms with Crippen molar-refractivity contribution in [3.05, 3.63) is 94.8 Å². The van der Waals surface area contributed by atoms with Gasteiger partial charge in [0, 0.05) is 5.56 Å². The molecule has 1 aliphatic rings. The van der Waals surface area contributed by atoms with Gasteiger partial charge < -0.3 is 0 Å². The van der Waals surface area contributed by atoms with Crippen molar-refractivity contribution >= 4 is 0 Å². The summed E-state index contributed by atoms with van der Waals surface area (Å²) in [5.74, 6) is 1.34. The standard InChI is InChI=1S/C32H39F/c1-3-5-6-25-13-17-28(18-14-25)30-21-22-31(32(33)23-30)29-19-15-27(16-20-29)12-11-26-9-7-24(4-2)8-10-26/h7-10,15-16,19-23,25,28H,3-6,11-14,17-18H2,1-2H3/t25-,28-. The first-order valence-corrected chi connectivity index (χ1v) is 13.1. The van der Waals surface area contributed by atoms with E-state index in [1.807, 2.05) is 6.07 Å². The summed E-state index contributed by atoms with van der Waals surface area (Å²) in [5.41, 5.74) is 6.94. The predicted molar refractivity (Wildman–Crippen MR) is 139 cm³/mol. The summed E-state index contributed by atoms with van der Waals surface area (Å²) in [4.78, 5) is 0. The van der Waals surface area contributed by atoms with Gasteiger partial charge in [-0.3, -0.25) is 0 Å². The first-order valence-electron chi connectivity index (χ1n) is 13.1. The van der Waals surface area contributed by atoms with Crippen LogP contribution in [0.15, 0.2) is 66.7 Å². The molecular weight excluding hydrogens is 403 g/mol. The molecule has 0 atom stereocenters. The Bertz CT molecular complexity index is 992. The minimum atomic E-state index is -0.0793. The Labute approximate surface area is 200 Å². The molecule has 0 radical (unpaired) electrons. The Hall–Kier alpha value is -2.41. The molecule has 1 saturated carbocycles. The van der Waals surface area contributed by atoms with Crippen molar-refractivity contribution < 1.29 is 4.39 Å². The van der Waals surface area contributed by atoms with Crippen LogP contribution in [0.1, 0.15) is 87.0 Å². The van der Waals surface area contributed by atoms with Crippen LogP contribution in [0.25, 0.3) is 11.1 Å². The predicted octanol–water partition coefficient (Wildman–Crippen LogP) is 9.30. The quantitative estimate of drug-likeness (QED) is 0.310. The Morgan fingerprint density at radius 1 is 0.727 bits per heavy atom. The zero-order valence-electron chi connectivity index (χ0n) is 20.5. The lowest BCUT2D eigenvalue weighted by atomic mass is 9.77. The largest absolute Gasteiger partial charge is 0.206 e. The number of hydrogen-bond donors (Lipinski definition) is 0. The molecule has 0 bridgehead atoms. The molecule has 3 aromatic rings. The van der Waals surface area contributed by atoms with Crippen molar-refractivity contribution in [2.45, 2.75) is 84.0 Å². The number of aryl methyl sites for hydroxylation is 3. The Balaban J connectivity index is 1.35. The summed E-state index contributed by atoms with van der Waals surface area (Å²) in [6.45, 7) is 4.46. The molecule has 3 aromatic carbocycles. The van der Waals surface area contributed by atoms with Crippen LogP contribution in [0.5, 0.6) is 0 Å². The Morgan fingerprint density at radius 2 is 1.33 bits per heavy atom. The molecule has 0 saturated heterocycles. The minimum absolute atomic E-state index is 0.0793. The molecule has 0 spiro atoms. The van der Waals surface area contributed by atoms with Gasteiger partial charge in [-0.1, -0.05) is 93.8 Å². The van der Waals surface area contributed by atoms with Gasteiger partial charge in [0.05, 0.1) is 0 Å². The lowest BCUT2D eigenvalue weighted by Gasteiger charge is -2.29. The molecular formula is C32H39F. The second-order valence-electron chi connectivity index (χ2n) is 9.97. The van der Waals surface area contributed by atoms with E-state index in [1.165, 1.54) is 67.2 Å². The van der Waals surface area contributed by atoms with Gasteiger partial charge in [-0.25, -0.2) is 4.39 Å². The minimum Gasteiger partial charge on any atom is -0.206 e. The van der Waals surface area contributed by atoms with Crippen LogP contribution in [-0.4, -0.2) is 0 Å². The maximum absolute atomic E-state index is 15.1. The molecule has 0 unspecified atom stereocenters. The van der Waals surface area contributed by atoms with E-state index < -0.39 is 0 Å². The molecule has 33 heavy (non-hydrogen) atoms. The number of rotatable bonds is 9. The smallest absolute Gasteiger partial charge is 0.131 e. The molecule has 0 heterocycles. The first kappa shape index (κ1) is 23.7. The van der Waals surface area contributed by atoms with Crippen molar-refractivity contribution in [2.24, 2.45) is 5.92 Å². The van der Waals surface area contributed by atoms with E-state index in [0.29, 0.717) is 5.92 Å². The average molecular weight is 443 g/mol. The Morgan fingerprint density at radius 3 is 1.91 bits per heavy atom. The van der Waals surface area contributed by atoms with Crippen molar-refractivity contribution in [1.29, 1.82) is 0 Å². The number of halogens is 1. The van der Waals surface area contributed by atoms with Gasteiger partial charge in [-0.15, -0.1) is 0 Å². The lowest BCUT2D eigenvalue weighted by molar-refractivity contribution is 0.304. The highest BCUT2D eigenvalue weighted by Gasteiger charge is 2.22. The fourth-order valence-electron chi connectivity index (χ4n) is 5.38. The van der Waals surface area contributed by atoms with E-state index in [9.17, 15) is 0 Å². The summed E-state index contributed by atoms with van der Waals surface area (Å²) in [6, 6.07) is 23.4. The van der Waals surface area contributed by atoms with Crippen molar-refractivity contribution in [2.75, 3.05) is 0 Å². The van der Waals surface area contributed by atoms with Crippen LogP contribution in [0, 0.1) is 11.7 Å². The maximum Gasteiger partial charge on any atom is 0.131 e. The van der Waals surface area contributed by atoms with Crippen molar-refractivity contribution in [3.8, 4) is 11.1 Å². The molecule has 0 amide bonds. The maximum atomic E-state index is 15.1. The summed E-state index contributed by atoms with van der Waals surface area (Å²) in [5, 5.41) is 0. The van der Waals surface area contributed by atoms with E-state index in [0.717, 1.165) is 36.3 Å². The molecule has 1 aliphatic carbocycles. The number of unbranched alkanes of at least 4 members (excludes halogenated alkanes) is 1. The van der Waals surface area contributed by atoms with Gasteiger partial charge in [0.15, 0.2) is 0 Å². The second kappa shape index (κ2) is 11.6. The third kappa shape index (κ3) is 6.34. The number of hydrogen-bond acceptors (Lipinski definition) is 0. The van der Waals surface area contributed by atoms with E-state index in [4.69, 9.17) is 0 Å². The van der Waals surface area contributed by atoms with Gasteiger partial charge in [-0.2, -0.15) is 0 Å². The molecule has 0 aromatic heterocycles. The summed E-state index contributed by atoms with van der Waals surface area (Å²) >= 11 is 0.